The first-order chi connectivity index (χ1) is 8.24. The second-order valence-corrected chi connectivity index (χ2v) is 4.62. The van der Waals surface area contributed by atoms with Crippen molar-refractivity contribution >= 4 is 0 Å². The molecule has 0 radical (unpaired) electrons. The van der Waals surface area contributed by atoms with Crippen LogP contribution in [0.1, 0.15) is 23.1 Å². The summed E-state index contributed by atoms with van der Waals surface area (Å²) in [5, 5.41) is 0. The normalized spacial score (nSPS) is 12.6. The lowest BCUT2D eigenvalue weighted by Crippen LogP contribution is -2.23. The van der Waals surface area contributed by atoms with E-state index in [1.165, 1.54) is 16.7 Å². The lowest BCUT2D eigenvalue weighted by Gasteiger charge is -2.10. The van der Waals surface area contributed by atoms with E-state index in [1.807, 2.05) is 6.07 Å². The van der Waals surface area contributed by atoms with Gasteiger partial charge >= 0.3 is 0 Å². The van der Waals surface area contributed by atoms with E-state index in [-0.39, 0.29) is 6.04 Å². The van der Waals surface area contributed by atoms with Crippen molar-refractivity contribution in [3.8, 4) is 0 Å². The summed E-state index contributed by atoms with van der Waals surface area (Å²) in [5.41, 5.74) is 9.94. The highest BCUT2D eigenvalue weighted by Crippen LogP contribution is 2.10. The summed E-state index contributed by atoms with van der Waals surface area (Å²) in [6, 6.07) is 10.8. The van der Waals surface area contributed by atoms with E-state index in [1.54, 1.807) is 12.5 Å². The van der Waals surface area contributed by atoms with Crippen LogP contribution in [0.4, 0.5) is 0 Å². The van der Waals surface area contributed by atoms with Crippen molar-refractivity contribution in [1.82, 2.24) is 0 Å². The molecule has 2 heteroatoms. The van der Waals surface area contributed by atoms with Gasteiger partial charge in [-0.15, -0.1) is 0 Å². The maximum absolute atomic E-state index is 6.10. The summed E-state index contributed by atoms with van der Waals surface area (Å²) in [7, 11) is 0. The van der Waals surface area contributed by atoms with Gasteiger partial charge in [-0.1, -0.05) is 29.8 Å². The van der Waals surface area contributed by atoms with E-state index >= 15 is 0 Å². The molecule has 2 N–H and O–H groups in total. The maximum atomic E-state index is 6.10. The van der Waals surface area contributed by atoms with Gasteiger partial charge in [-0.2, -0.15) is 0 Å². The van der Waals surface area contributed by atoms with Crippen LogP contribution in [0.3, 0.4) is 0 Å². The number of rotatable bonds is 5. The molecule has 0 saturated heterocycles. The molecule has 0 aliphatic rings. The van der Waals surface area contributed by atoms with Crippen molar-refractivity contribution in [2.75, 3.05) is 0 Å². The fourth-order valence-electron chi connectivity index (χ4n) is 1.92. The molecule has 2 aromatic rings. The topological polar surface area (TPSA) is 39.2 Å². The fraction of sp³-hybridized carbons (Fsp3) is 0.333. The second kappa shape index (κ2) is 5.69. The number of benzene rings is 1. The minimum atomic E-state index is 0.203. The zero-order valence-corrected chi connectivity index (χ0v) is 10.2. The maximum Gasteiger partial charge on any atom is 0.0935 e. The monoisotopic (exact) mass is 229 g/mol. The average molecular weight is 229 g/mol. The highest BCUT2D eigenvalue weighted by molar-refractivity contribution is 5.21. The van der Waals surface area contributed by atoms with E-state index in [0.717, 1.165) is 19.3 Å². The largest absolute Gasteiger partial charge is 0.472 e. The molecule has 90 valence electrons. The molecule has 0 amide bonds. The molecule has 0 saturated carbocycles. The van der Waals surface area contributed by atoms with Crippen LogP contribution >= 0.6 is 0 Å². The van der Waals surface area contributed by atoms with Crippen LogP contribution in [0.5, 0.6) is 0 Å². The van der Waals surface area contributed by atoms with E-state index < -0.39 is 0 Å². The lowest BCUT2D eigenvalue weighted by molar-refractivity contribution is 0.556. The predicted molar refractivity (Wildman–Crippen MR) is 69.9 cm³/mol. The molecule has 0 aliphatic carbocycles. The Morgan fingerprint density at radius 1 is 1.12 bits per heavy atom. The summed E-state index contributed by atoms with van der Waals surface area (Å²) in [4.78, 5) is 0. The van der Waals surface area contributed by atoms with Crippen LogP contribution in [0.15, 0.2) is 47.3 Å². The Kier molecular flexibility index (Phi) is 3.99. The first-order valence-corrected chi connectivity index (χ1v) is 6.06. The van der Waals surface area contributed by atoms with Crippen LogP contribution in [-0.2, 0) is 12.8 Å². The Bertz CT molecular complexity index is 430. The Morgan fingerprint density at radius 3 is 2.53 bits per heavy atom. The van der Waals surface area contributed by atoms with Crippen LogP contribution in [0.25, 0.3) is 0 Å². The molecule has 1 atom stereocenters. The number of hydrogen-bond acceptors (Lipinski definition) is 2. The molecule has 0 fully saturated rings. The number of hydrogen-bond donors (Lipinski definition) is 1. The molecule has 0 aliphatic heterocycles. The zero-order chi connectivity index (χ0) is 12.1. The molecule has 0 spiro atoms. The molecule has 0 bridgehead atoms. The van der Waals surface area contributed by atoms with Gasteiger partial charge in [-0.05, 0) is 43.4 Å². The van der Waals surface area contributed by atoms with Crippen LogP contribution in [-0.4, -0.2) is 6.04 Å². The van der Waals surface area contributed by atoms with Gasteiger partial charge in [0.25, 0.3) is 0 Å². The first-order valence-electron chi connectivity index (χ1n) is 6.06. The molecule has 1 aromatic carbocycles. The molecule has 2 nitrogen and oxygen atoms in total. The van der Waals surface area contributed by atoms with Gasteiger partial charge in [0.05, 0.1) is 12.5 Å². The average Bonchev–Trinajstić information content (AvgIpc) is 2.81. The fourth-order valence-corrected chi connectivity index (χ4v) is 1.92. The number of aryl methyl sites for hydroxylation is 2. The lowest BCUT2D eigenvalue weighted by atomic mass is 10.0. The molecule has 1 aromatic heterocycles. The highest BCUT2D eigenvalue weighted by atomic mass is 16.3. The van der Waals surface area contributed by atoms with Gasteiger partial charge < -0.3 is 10.2 Å². The molecule has 1 heterocycles. The van der Waals surface area contributed by atoms with Gasteiger partial charge in [0.15, 0.2) is 0 Å². The minimum absolute atomic E-state index is 0.203. The smallest absolute Gasteiger partial charge is 0.0935 e. The summed E-state index contributed by atoms with van der Waals surface area (Å²) in [5.74, 6) is 0. The Hall–Kier alpha value is -1.54. The third kappa shape index (κ3) is 3.75. The van der Waals surface area contributed by atoms with Gasteiger partial charge in [0.2, 0.25) is 0 Å². The summed E-state index contributed by atoms with van der Waals surface area (Å²) in [6.07, 6.45) is 6.41. The van der Waals surface area contributed by atoms with Crippen molar-refractivity contribution in [3.63, 3.8) is 0 Å². The molecular formula is C15H19NO. The minimum Gasteiger partial charge on any atom is -0.472 e. The highest BCUT2D eigenvalue weighted by Gasteiger charge is 2.05. The Morgan fingerprint density at radius 2 is 1.88 bits per heavy atom. The zero-order valence-electron chi connectivity index (χ0n) is 10.2. The molecular weight excluding hydrogens is 210 g/mol. The van der Waals surface area contributed by atoms with Crippen molar-refractivity contribution in [3.05, 3.63) is 59.5 Å². The quantitative estimate of drug-likeness (QED) is 0.855. The standard InChI is InChI=1S/C15H19NO/c1-12-2-4-13(5-3-12)6-7-15(16)10-14-8-9-17-11-14/h2-5,8-9,11,15H,6-7,10,16H2,1H3. The van der Waals surface area contributed by atoms with Crippen LogP contribution < -0.4 is 5.73 Å². The van der Waals surface area contributed by atoms with E-state index in [0.29, 0.717) is 0 Å². The van der Waals surface area contributed by atoms with Gasteiger partial charge in [-0.25, -0.2) is 0 Å². The summed E-state index contributed by atoms with van der Waals surface area (Å²) in [6.45, 7) is 2.11. The SMILES string of the molecule is Cc1ccc(CCC(N)Cc2ccoc2)cc1. The van der Waals surface area contributed by atoms with E-state index in [4.69, 9.17) is 10.2 Å². The van der Waals surface area contributed by atoms with Gasteiger partial charge in [0.1, 0.15) is 0 Å². The van der Waals surface area contributed by atoms with Gasteiger partial charge in [0, 0.05) is 6.04 Å². The van der Waals surface area contributed by atoms with E-state index in [9.17, 15) is 0 Å². The van der Waals surface area contributed by atoms with E-state index in [2.05, 4.69) is 31.2 Å². The summed E-state index contributed by atoms with van der Waals surface area (Å²) < 4.78 is 5.04. The Balaban J connectivity index is 1.79. The van der Waals surface area contributed by atoms with Crippen molar-refractivity contribution in [2.45, 2.75) is 32.2 Å². The Labute approximate surface area is 102 Å². The van der Waals surface area contributed by atoms with Crippen molar-refractivity contribution < 1.29 is 4.42 Å². The number of nitrogens with two attached hydrogens (primary N) is 1. The van der Waals surface area contributed by atoms with Crippen molar-refractivity contribution in [2.24, 2.45) is 5.73 Å². The van der Waals surface area contributed by atoms with Crippen LogP contribution in [0.2, 0.25) is 0 Å². The summed E-state index contributed by atoms with van der Waals surface area (Å²) >= 11 is 0. The first kappa shape index (κ1) is 11.9. The third-order valence-electron chi connectivity index (χ3n) is 3.00. The molecule has 1 unspecified atom stereocenters. The molecule has 17 heavy (non-hydrogen) atoms. The van der Waals surface area contributed by atoms with Crippen LogP contribution in [0, 0.1) is 6.92 Å². The van der Waals surface area contributed by atoms with Gasteiger partial charge in [-0.3, -0.25) is 0 Å². The predicted octanol–water partition coefficient (Wildman–Crippen LogP) is 3.09. The second-order valence-electron chi connectivity index (χ2n) is 4.62. The third-order valence-corrected chi connectivity index (χ3v) is 3.00. The molecule has 2 rings (SSSR count). The van der Waals surface area contributed by atoms with Crippen molar-refractivity contribution in [1.29, 1.82) is 0 Å². The number of furan rings is 1.